The molecule has 8 nitrogen and oxygen atoms in total. The van der Waals surface area contributed by atoms with Gasteiger partial charge in [0.25, 0.3) is 11.8 Å². The largest absolute Gasteiger partial charge is 0.416 e. The molecule has 0 saturated heterocycles. The molecule has 12 heteroatoms. The number of nitrogens with one attached hydrogen (secondary N) is 2. The van der Waals surface area contributed by atoms with Crippen molar-refractivity contribution in [2.75, 3.05) is 17.2 Å². The third-order valence-electron chi connectivity index (χ3n) is 5.64. The van der Waals surface area contributed by atoms with Crippen molar-refractivity contribution in [3.05, 3.63) is 88.5 Å². The van der Waals surface area contributed by atoms with E-state index >= 15 is 0 Å². The number of hydrogen-bond donors (Lipinski definition) is 2. The van der Waals surface area contributed by atoms with Gasteiger partial charge in [0, 0.05) is 24.3 Å². The second-order valence-electron chi connectivity index (χ2n) is 8.15. The van der Waals surface area contributed by atoms with E-state index in [1.165, 1.54) is 42.6 Å². The number of benzene rings is 2. The zero-order valence-corrected chi connectivity index (χ0v) is 20.2. The van der Waals surface area contributed by atoms with Crippen LogP contribution in [-0.4, -0.2) is 38.7 Å². The van der Waals surface area contributed by atoms with Crippen LogP contribution in [0.15, 0.2) is 60.8 Å². The Hall–Kier alpha value is -4.12. The molecule has 0 fully saturated rings. The number of imidazole rings is 1. The number of allylic oxidation sites excluding steroid dienone is 1. The van der Waals surface area contributed by atoms with Gasteiger partial charge in [-0.05, 0) is 49.4 Å². The first kappa shape index (κ1) is 26.0. The summed E-state index contributed by atoms with van der Waals surface area (Å²) in [6, 6.07) is 8.36. The van der Waals surface area contributed by atoms with Gasteiger partial charge in [0.2, 0.25) is 5.91 Å². The van der Waals surface area contributed by atoms with Gasteiger partial charge >= 0.3 is 6.18 Å². The highest BCUT2D eigenvalue weighted by molar-refractivity contribution is 6.34. The average Bonchev–Trinajstić information content (AvgIpc) is 3.28. The number of carbonyl (C=O) groups is 3. The van der Waals surface area contributed by atoms with Crippen molar-refractivity contribution in [3.63, 3.8) is 0 Å². The number of alkyl halides is 3. The Bertz CT molecular complexity index is 1400. The van der Waals surface area contributed by atoms with Crippen LogP contribution in [0.1, 0.15) is 39.2 Å². The van der Waals surface area contributed by atoms with Crippen molar-refractivity contribution in [2.45, 2.75) is 26.2 Å². The Kier molecular flexibility index (Phi) is 7.35. The van der Waals surface area contributed by atoms with E-state index in [1.54, 1.807) is 22.5 Å². The van der Waals surface area contributed by atoms with Gasteiger partial charge < -0.3 is 20.1 Å². The number of rotatable bonds is 5. The minimum atomic E-state index is -4.55. The second kappa shape index (κ2) is 10.5. The number of hydrogen-bond acceptors (Lipinski definition) is 4. The molecule has 0 radical (unpaired) electrons. The van der Waals surface area contributed by atoms with E-state index < -0.39 is 23.6 Å². The third kappa shape index (κ3) is 5.83. The molecule has 1 aliphatic rings. The zero-order valence-electron chi connectivity index (χ0n) is 19.5. The van der Waals surface area contributed by atoms with E-state index in [1.807, 2.05) is 0 Å². The lowest BCUT2D eigenvalue weighted by Gasteiger charge is -2.27. The van der Waals surface area contributed by atoms with Crippen molar-refractivity contribution >= 4 is 40.7 Å². The van der Waals surface area contributed by atoms with E-state index in [-0.39, 0.29) is 40.1 Å². The summed E-state index contributed by atoms with van der Waals surface area (Å²) in [4.78, 5) is 43.7. The van der Waals surface area contributed by atoms with E-state index in [9.17, 15) is 27.6 Å². The molecule has 1 aromatic heterocycles. The Morgan fingerprint density at radius 3 is 2.57 bits per heavy atom. The fraction of sp³-hybridized carbons (Fsp3) is 0.200. The number of aromatic nitrogens is 2. The van der Waals surface area contributed by atoms with E-state index in [4.69, 9.17) is 11.6 Å². The molecule has 0 atom stereocenters. The van der Waals surface area contributed by atoms with Crippen LogP contribution < -0.4 is 10.6 Å². The van der Waals surface area contributed by atoms with Gasteiger partial charge in [0.15, 0.2) is 0 Å². The number of nitrogens with zero attached hydrogens (tertiary/aromatic N) is 3. The number of anilines is 2. The monoisotopic (exact) mass is 531 g/mol. The highest BCUT2D eigenvalue weighted by Crippen LogP contribution is 2.31. The number of carbonyl (C=O) groups excluding carboxylic acids is 3. The molecular formula is C25H21ClF3N5O3. The summed E-state index contributed by atoms with van der Waals surface area (Å²) in [5.74, 6) is -0.798. The first-order valence-electron chi connectivity index (χ1n) is 11.1. The SMILES string of the molecule is C/C=C/C(=O)N1CCn2c(C(=O)Nc3cc(C(=O)Nc4cccc(C(F)(F)F)c4)ccc3Cl)cnc2C1. The predicted molar refractivity (Wildman–Crippen MR) is 131 cm³/mol. The Morgan fingerprint density at radius 1 is 1.05 bits per heavy atom. The van der Waals surface area contributed by atoms with Crippen molar-refractivity contribution < 1.29 is 27.6 Å². The minimum Gasteiger partial charge on any atom is -0.330 e. The van der Waals surface area contributed by atoms with Crippen molar-refractivity contribution in [1.29, 1.82) is 0 Å². The lowest BCUT2D eigenvalue weighted by atomic mass is 10.1. The summed E-state index contributed by atoms with van der Waals surface area (Å²) in [5.41, 5.74) is -0.464. The fourth-order valence-corrected chi connectivity index (χ4v) is 3.97. The maximum Gasteiger partial charge on any atom is 0.416 e. The molecule has 0 saturated carbocycles. The van der Waals surface area contributed by atoms with Crippen LogP contribution in [0.5, 0.6) is 0 Å². The molecule has 0 aliphatic carbocycles. The Labute approximate surface area is 214 Å². The molecule has 0 spiro atoms. The molecule has 3 aromatic rings. The van der Waals surface area contributed by atoms with E-state index in [0.717, 1.165) is 12.1 Å². The van der Waals surface area contributed by atoms with E-state index in [2.05, 4.69) is 15.6 Å². The number of amides is 3. The summed E-state index contributed by atoms with van der Waals surface area (Å²) in [6.45, 7) is 2.77. The molecule has 1 aliphatic heterocycles. The Balaban J connectivity index is 1.48. The van der Waals surface area contributed by atoms with Gasteiger partial charge in [-0.3, -0.25) is 14.4 Å². The molecule has 192 valence electrons. The summed E-state index contributed by atoms with van der Waals surface area (Å²) >= 11 is 6.22. The van der Waals surface area contributed by atoms with Gasteiger partial charge in [-0.15, -0.1) is 0 Å². The third-order valence-corrected chi connectivity index (χ3v) is 5.97. The quantitative estimate of drug-likeness (QED) is 0.454. The second-order valence-corrected chi connectivity index (χ2v) is 8.56. The molecule has 2 N–H and O–H groups in total. The maximum absolute atomic E-state index is 13.0. The lowest BCUT2D eigenvalue weighted by molar-refractivity contribution is -0.137. The van der Waals surface area contributed by atoms with Gasteiger partial charge in [-0.25, -0.2) is 4.98 Å². The predicted octanol–water partition coefficient (Wildman–Crippen LogP) is 4.98. The lowest BCUT2D eigenvalue weighted by Crippen LogP contribution is -2.38. The minimum absolute atomic E-state index is 0.0341. The fourth-order valence-electron chi connectivity index (χ4n) is 3.80. The van der Waals surface area contributed by atoms with Crippen LogP contribution in [0.3, 0.4) is 0 Å². The average molecular weight is 532 g/mol. The molecule has 37 heavy (non-hydrogen) atoms. The van der Waals surface area contributed by atoms with Crippen LogP contribution in [0, 0.1) is 0 Å². The molecule has 2 heterocycles. The first-order chi connectivity index (χ1) is 17.6. The summed E-state index contributed by atoms with van der Waals surface area (Å²) in [7, 11) is 0. The van der Waals surface area contributed by atoms with Gasteiger partial charge in [-0.1, -0.05) is 23.7 Å². The summed E-state index contributed by atoms with van der Waals surface area (Å²) in [5, 5.41) is 5.23. The standard InChI is InChI=1S/C25H21ClF3N5O3/c1-2-4-22(35)33-9-10-34-20(13-30-21(34)14-33)24(37)32-19-11-15(7-8-18(19)26)23(36)31-17-6-3-5-16(12-17)25(27,28)29/h2-8,11-13H,9-10,14H2,1H3,(H,31,36)(H,32,37)/b4-2+. The Morgan fingerprint density at radius 2 is 1.84 bits per heavy atom. The summed E-state index contributed by atoms with van der Waals surface area (Å²) < 4.78 is 40.6. The van der Waals surface area contributed by atoms with Gasteiger partial charge in [0.05, 0.1) is 29.0 Å². The van der Waals surface area contributed by atoms with E-state index in [0.29, 0.717) is 18.9 Å². The van der Waals surface area contributed by atoms with Gasteiger partial charge in [0.1, 0.15) is 11.5 Å². The number of fused-ring (bicyclic) bond motifs is 1. The van der Waals surface area contributed by atoms with Gasteiger partial charge in [-0.2, -0.15) is 13.2 Å². The normalized spacial score (nSPS) is 13.4. The molecule has 2 aromatic carbocycles. The molecule has 4 rings (SSSR count). The molecular weight excluding hydrogens is 511 g/mol. The van der Waals surface area contributed by atoms with Crippen molar-refractivity contribution in [2.24, 2.45) is 0 Å². The van der Waals surface area contributed by atoms with Crippen molar-refractivity contribution in [3.8, 4) is 0 Å². The molecule has 0 unspecified atom stereocenters. The first-order valence-corrected chi connectivity index (χ1v) is 11.5. The highest BCUT2D eigenvalue weighted by atomic mass is 35.5. The smallest absolute Gasteiger partial charge is 0.330 e. The van der Waals surface area contributed by atoms with Crippen LogP contribution in [0.4, 0.5) is 24.5 Å². The maximum atomic E-state index is 13.0. The van der Waals surface area contributed by atoms with Crippen LogP contribution in [-0.2, 0) is 24.1 Å². The van der Waals surface area contributed by atoms with Crippen LogP contribution in [0.2, 0.25) is 5.02 Å². The summed E-state index contributed by atoms with van der Waals surface area (Å²) in [6.07, 6.45) is -0.0392. The zero-order chi connectivity index (χ0) is 26.7. The topological polar surface area (TPSA) is 96.3 Å². The highest BCUT2D eigenvalue weighted by Gasteiger charge is 2.30. The van der Waals surface area contributed by atoms with Crippen molar-refractivity contribution in [1.82, 2.24) is 14.5 Å². The van der Waals surface area contributed by atoms with Crippen LogP contribution >= 0.6 is 11.6 Å². The number of halogens is 4. The van der Waals surface area contributed by atoms with Crippen LogP contribution in [0.25, 0.3) is 0 Å². The molecule has 3 amide bonds. The molecule has 0 bridgehead atoms.